The summed E-state index contributed by atoms with van der Waals surface area (Å²) in [5.41, 5.74) is 1.03. The number of aryl methyl sites for hydroxylation is 1. The van der Waals surface area contributed by atoms with Crippen LogP contribution in [-0.4, -0.2) is 20.9 Å². The first-order valence-corrected chi connectivity index (χ1v) is 5.51. The maximum Gasteiger partial charge on any atom is 0.356 e. The van der Waals surface area contributed by atoms with Gasteiger partial charge in [-0.3, -0.25) is 4.68 Å². The number of carboxylic acid groups (broad SMARTS) is 1. The molecule has 0 aliphatic rings. The number of carbonyl (C=O) groups is 1. The van der Waals surface area contributed by atoms with Crippen LogP contribution in [0.1, 0.15) is 10.5 Å². The third-order valence-electron chi connectivity index (χ3n) is 2.30. The minimum absolute atomic E-state index is 0.0707. The molecule has 0 bridgehead atoms. The third-order valence-corrected chi connectivity index (χ3v) is 2.99. The van der Waals surface area contributed by atoms with Gasteiger partial charge in [0.2, 0.25) is 0 Å². The van der Waals surface area contributed by atoms with Crippen LogP contribution in [0, 0.1) is 5.82 Å². The van der Waals surface area contributed by atoms with E-state index in [1.165, 1.54) is 22.9 Å². The van der Waals surface area contributed by atoms with Gasteiger partial charge in [0.15, 0.2) is 5.69 Å². The molecule has 0 saturated carbocycles. The van der Waals surface area contributed by atoms with Crippen molar-refractivity contribution in [1.82, 2.24) is 9.78 Å². The molecule has 88 valence electrons. The van der Waals surface area contributed by atoms with Crippen LogP contribution in [0.25, 0.3) is 11.3 Å². The van der Waals surface area contributed by atoms with Crippen LogP contribution in [0.15, 0.2) is 28.7 Å². The molecule has 1 heterocycles. The van der Waals surface area contributed by atoms with Crippen LogP contribution >= 0.6 is 15.9 Å². The van der Waals surface area contributed by atoms with E-state index in [0.29, 0.717) is 15.7 Å². The standard InChI is InChI=1S/C11H8BrFN2O2/c1-15-10(5-9(14-15)11(16)17)7-4-6(13)2-3-8(7)12/h2-5H,1H3,(H,16,17). The molecule has 4 nitrogen and oxygen atoms in total. The van der Waals surface area contributed by atoms with Crippen molar-refractivity contribution in [3.05, 3.63) is 40.2 Å². The number of hydrogen-bond acceptors (Lipinski definition) is 2. The summed E-state index contributed by atoms with van der Waals surface area (Å²) in [6.45, 7) is 0. The number of hydrogen-bond donors (Lipinski definition) is 1. The zero-order chi connectivity index (χ0) is 12.6. The molecule has 0 aliphatic heterocycles. The van der Waals surface area contributed by atoms with E-state index in [-0.39, 0.29) is 11.5 Å². The third kappa shape index (κ3) is 2.21. The van der Waals surface area contributed by atoms with E-state index in [4.69, 9.17) is 5.11 Å². The molecule has 0 fully saturated rings. The van der Waals surface area contributed by atoms with Crippen molar-refractivity contribution in [3.8, 4) is 11.3 Å². The monoisotopic (exact) mass is 298 g/mol. The predicted molar refractivity (Wildman–Crippen MR) is 63.3 cm³/mol. The fourth-order valence-corrected chi connectivity index (χ4v) is 1.97. The van der Waals surface area contributed by atoms with E-state index in [1.54, 1.807) is 13.1 Å². The van der Waals surface area contributed by atoms with Crippen molar-refractivity contribution >= 4 is 21.9 Å². The molecule has 0 aliphatic carbocycles. The lowest BCUT2D eigenvalue weighted by molar-refractivity contribution is 0.0689. The van der Waals surface area contributed by atoms with Crippen molar-refractivity contribution in [3.63, 3.8) is 0 Å². The number of aromatic carboxylic acids is 1. The molecule has 1 N–H and O–H groups in total. The zero-order valence-corrected chi connectivity index (χ0v) is 10.4. The van der Waals surface area contributed by atoms with Crippen molar-refractivity contribution in [1.29, 1.82) is 0 Å². The highest BCUT2D eigenvalue weighted by molar-refractivity contribution is 9.10. The summed E-state index contributed by atoms with van der Waals surface area (Å²) in [5.74, 6) is -1.50. The molecular formula is C11H8BrFN2O2. The molecule has 0 radical (unpaired) electrons. The lowest BCUT2D eigenvalue weighted by Gasteiger charge is -2.04. The molecule has 2 aromatic rings. The first kappa shape index (κ1) is 11.8. The van der Waals surface area contributed by atoms with E-state index in [1.807, 2.05) is 0 Å². The minimum Gasteiger partial charge on any atom is -0.476 e. The van der Waals surface area contributed by atoms with Gasteiger partial charge in [-0.1, -0.05) is 15.9 Å². The molecule has 1 aromatic carbocycles. The Labute approximate surface area is 105 Å². The lowest BCUT2D eigenvalue weighted by Crippen LogP contribution is -1.99. The average Bonchev–Trinajstić information content (AvgIpc) is 2.64. The van der Waals surface area contributed by atoms with Crippen LogP contribution in [0.3, 0.4) is 0 Å². The van der Waals surface area contributed by atoms with Crippen molar-refractivity contribution < 1.29 is 14.3 Å². The van der Waals surface area contributed by atoms with Crippen LogP contribution < -0.4 is 0 Å². The highest BCUT2D eigenvalue weighted by Crippen LogP contribution is 2.29. The molecule has 0 amide bonds. The summed E-state index contributed by atoms with van der Waals surface area (Å²) in [7, 11) is 1.61. The topological polar surface area (TPSA) is 55.1 Å². The predicted octanol–water partition coefficient (Wildman–Crippen LogP) is 2.69. The molecule has 1 aromatic heterocycles. The normalized spacial score (nSPS) is 10.5. The van der Waals surface area contributed by atoms with E-state index >= 15 is 0 Å². The Bertz CT molecular complexity index is 595. The summed E-state index contributed by atoms with van der Waals surface area (Å²) >= 11 is 3.29. The van der Waals surface area contributed by atoms with Gasteiger partial charge in [-0.25, -0.2) is 9.18 Å². The van der Waals surface area contributed by atoms with Crippen LogP contribution in [0.4, 0.5) is 4.39 Å². The number of benzene rings is 1. The number of rotatable bonds is 2. The Kier molecular flexibility index (Phi) is 2.97. The molecule has 6 heteroatoms. The van der Waals surface area contributed by atoms with Gasteiger partial charge in [-0.2, -0.15) is 5.10 Å². The van der Waals surface area contributed by atoms with Gasteiger partial charge in [-0.05, 0) is 24.3 Å². The van der Waals surface area contributed by atoms with Gasteiger partial charge in [0.1, 0.15) is 5.82 Å². The number of aromatic nitrogens is 2. The van der Waals surface area contributed by atoms with Crippen molar-refractivity contribution in [2.45, 2.75) is 0 Å². The molecule has 0 spiro atoms. The van der Waals surface area contributed by atoms with Gasteiger partial charge in [-0.15, -0.1) is 0 Å². The second kappa shape index (κ2) is 4.29. The highest BCUT2D eigenvalue weighted by atomic mass is 79.9. The Morgan fingerprint density at radius 3 is 2.76 bits per heavy atom. The number of carboxylic acids is 1. The SMILES string of the molecule is Cn1nc(C(=O)O)cc1-c1cc(F)ccc1Br. The fraction of sp³-hybridized carbons (Fsp3) is 0.0909. The zero-order valence-electron chi connectivity index (χ0n) is 8.82. The van der Waals surface area contributed by atoms with E-state index in [2.05, 4.69) is 21.0 Å². The minimum atomic E-state index is -1.11. The molecule has 17 heavy (non-hydrogen) atoms. The number of halogens is 2. The summed E-state index contributed by atoms with van der Waals surface area (Å²) in [5, 5.41) is 12.7. The van der Waals surface area contributed by atoms with Gasteiger partial charge < -0.3 is 5.11 Å². The Hall–Kier alpha value is -1.69. The van der Waals surface area contributed by atoms with Gasteiger partial charge in [0.05, 0.1) is 5.69 Å². The summed E-state index contributed by atoms with van der Waals surface area (Å²) in [6.07, 6.45) is 0. The summed E-state index contributed by atoms with van der Waals surface area (Å²) in [6, 6.07) is 5.62. The van der Waals surface area contributed by atoms with Gasteiger partial charge in [0.25, 0.3) is 0 Å². The van der Waals surface area contributed by atoms with E-state index in [9.17, 15) is 9.18 Å². The Morgan fingerprint density at radius 2 is 2.18 bits per heavy atom. The Balaban J connectivity index is 2.60. The Morgan fingerprint density at radius 1 is 1.47 bits per heavy atom. The number of nitrogens with zero attached hydrogens (tertiary/aromatic N) is 2. The van der Waals surface area contributed by atoms with E-state index in [0.717, 1.165) is 0 Å². The maximum atomic E-state index is 13.2. The lowest BCUT2D eigenvalue weighted by atomic mass is 10.1. The van der Waals surface area contributed by atoms with E-state index < -0.39 is 5.97 Å². The second-order valence-electron chi connectivity index (χ2n) is 3.47. The van der Waals surface area contributed by atoms with Crippen LogP contribution in [0.5, 0.6) is 0 Å². The maximum absolute atomic E-state index is 13.2. The summed E-state index contributed by atoms with van der Waals surface area (Å²) < 4.78 is 15.2. The first-order chi connectivity index (χ1) is 7.99. The second-order valence-corrected chi connectivity index (χ2v) is 4.32. The van der Waals surface area contributed by atoms with Gasteiger partial charge >= 0.3 is 5.97 Å². The average molecular weight is 299 g/mol. The fourth-order valence-electron chi connectivity index (χ4n) is 1.52. The molecule has 0 atom stereocenters. The molecule has 2 rings (SSSR count). The van der Waals surface area contributed by atoms with Gasteiger partial charge in [0, 0.05) is 17.1 Å². The molecular weight excluding hydrogens is 291 g/mol. The quantitative estimate of drug-likeness (QED) is 0.927. The van der Waals surface area contributed by atoms with Crippen molar-refractivity contribution in [2.75, 3.05) is 0 Å². The summed E-state index contributed by atoms with van der Waals surface area (Å²) in [4.78, 5) is 10.8. The van der Waals surface area contributed by atoms with Crippen LogP contribution in [0.2, 0.25) is 0 Å². The molecule has 0 unspecified atom stereocenters. The smallest absolute Gasteiger partial charge is 0.356 e. The highest BCUT2D eigenvalue weighted by Gasteiger charge is 2.14. The largest absolute Gasteiger partial charge is 0.476 e. The van der Waals surface area contributed by atoms with Crippen LogP contribution in [-0.2, 0) is 7.05 Å². The molecule has 0 saturated heterocycles. The van der Waals surface area contributed by atoms with Crippen molar-refractivity contribution in [2.24, 2.45) is 7.05 Å². The first-order valence-electron chi connectivity index (χ1n) is 4.72.